The SMILES string of the molecule is Cc1ccn(C2(c3nc4nc(N5CCC[C@@H](C(=O)N6CCCC6)C5)ccc4[nH]3)CC2)n1.Cc1ccnn1C1(c2nc3nc(N4CCC[C@@H](C(=O)N5CCCC5)C4)ccc3[nH]2)CC1. The average molecular weight is 839 g/mol. The zero-order chi connectivity index (χ0) is 42.0. The van der Waals surface area contributed by atoms with E-state index in [2.05, 4.69) is 75.6 Å². The quantitative estimate of drug-likeness (QED) is 0.195. The molecule has 324 valence electrons. The van der Waals surface area contributed by atoms with Crippen LogP contribution in [0.25, 0.3) is 22.3 Å². The van der Waals surface area contributed by atoms with Crippen molar-refractivity contribution in [2.75, 3.05) is 62.2 Å². The third kappa shape index (κ3) is 7.08. The van der Waals surface area contributed by atoms with Crippen molar-refractivity contribution in [2.24, 2.45) is 11.8 Å². The van der Waals surface area contributed by atoms with Crippen LogP contribution in [0.5, 0.6) is 0 Å². The van der Waals surface area contributed by atoms with E-state index in [-0.39, 0.29) is 22.9 Å². The third-order valence-corrected chi connectivity index (χ3v) is 14.4. The van der Waals surface area contributed by atoms with E-state index in [1.807, 2.05) is 36.1 Å². The zero-order valence-corrected chi connectivity index (χ0v) is 36.1. The number of carbonyl (C=O) groups excluding carboxylic acids is 2. The lowest BCUT2D eigenvalue weighted by Crippen LogP contribution is -2.44. The van der Waals surface area contributed by atoms with Gasteiger partial charge in [0.15, 0.2) is 11.3 Å². The van der Waals surface area contributed by atoms with Gasteiger partial charge >= 0.3 is 0 Å². The second-order valence-electron chi connectivity index (χ2n) is 18.7. The molecule has 4 aliphatic heterocycles. The summed E-state index contributed by atoms with van der Waals surface area (Å²) < 4.78 is 4.13. The van der Waals surface area contributed by atoms with Crippen LogP contribution in [0, 0.1) is 25.7 Å². The van der Waals surface area contributed by atoms with Gasteiger partial charge in [-0.3, -0.25) is 19.0 Å². The lowest BCUT2D eigenvalue weighted by Gasteiger charge is -2.34. The minimum absolute atomic E-state index is 0.0802. The molecule has 0 aromatic carbocycles. The van der Waals surface area contributed by atoms with E-state index in [4.69, 9.17) is 19.9 Å². The summed E-state index contributed by atoms with van der Waals surface area (Å²) in [5, 5.41) is 9.17. The fourth-order valence-corrected chi connectivity index (χ4v) is 10.6. The summed E-state index contributed by atoms with van der Waals surface area (Å²) in [6.07, 6.45) is 16.6. The number of rotatable bonds is 8. The molecule has 62 heavy (non-hydrogen) atoms. The van der Waals surface area contributed by atoms with Crippen molar-refractivity contribution in [3.8, 4) is 0 Å². The molecule has 6 aromatic rings. The summed E-state index contributed by atoms with van der Waals surface area (Å²) in [5.41, 5.74) is 5.25. The second-order valence-corrected chi connectivity index (χ2v) is 18.7. The Hall–Kier alpha value is -5.80. The topological polar surface area (TPSA) is 166 Å². The number of hydrogen-bond donors (Lipinski definition) is 2. The van der Waals surface area contributed by atoms with Gasteiger partial charge in [-0.15, -0.1) is 0 Å². The highest BCUT2D eigenvalue weighted by Gasteiger charge is 2.51. The molecule has 2 aliphatic carbocycles. The van der Waals surface area contributed by atoms with Crippen molar-refractivity contribution in [1.29, 1.82) is 0 Å². The third-order valence-electron chi connectivity index (χ3n) is 14.4. The van der Waals surface area contributed by atoms with Crippen LogP contribution in [-0.2, 0) is 20.7 Å². The van der Waals surface area contributed by atoms with Gasteiger partial charge in [-0.1, -0.05) is 0 Å². The number of nitrogens with one attached hydrogen (secondary N) is 2. The molecule has 6 aliphatic rings. The summed E-state index contributed by atoms with van der Waals surface area (Å²) in [6, 6.07) is 12.3. The first kappa shape index (κ1) is 39.1. The van der Waals surface area contributed by atoms with Crippen LogP contribution >= 0.6 is 0 Å². The van der Waals surface area contributed by atoms with Gasteiger partial charge in [0.2, 0.25) is 11.8 Å². The number of aryl methyl sites for hydroxylation is 2. The molecule has 4 saturated heterocycles. The van der Waals surface area contributed by atoms with Crippen LogP contribution < -0.4 is 9.80 Å². The lowest BCUT2D eigenvalue weighted by molar-refractivity contribution is -0.135. The van der Waals surface area contributed by atoms with E-state index >= 15 is 0 Å². The van der Waals surface area contributed by atoms with Crippen LogP contribution in [0.4, 0.5) is 11.6 Å². The molecule has 10 heterocycles. The smallest absolute Gasteiger partial charge is 0.227 e. The molecule has 0 bridgehead atoms. The largest absolute Gasteiger partial charge is 0.356 e. The number of aromatic nitrogens is 10. The highest BCUT2D eigenvalue weighted by Crippen LogP contribution is 2.49. The Labute approximate surface area is 361 Å². The number of hydrogen-bond acceptors (Lipinski definition) is 10. The Morgan fingerprint density at radius 3 is 1.58 bits per heavy atom. The van der Waals surface area contributed by atoms with Crippen molar-refractivity contribution in [3.05, 3.63) is 71.8 Å². The number of carbonyl (C=O) groups is 2. The van der Waals surface area contributed by atoms with Gasteiger partial charge in [0.05, 0.1) is 28.6 Å². The van der Waals surface area contributed by atoms with Crippen molar-refractivity contribution in [3.63, 3.8) is 0 Å². The first-order valence-corrected chi connectivity index (χ1v) is 23.1. The van der Waals surface area contributed by atoms with Crippen LogP contribution in [0.1, 0.15) is 100 Å². The predicted molar refractivity (Wildman–Crippen MR) is 236 cm³/mol. The lowest BCUT2D eigenvalue weighted by atomic mass is 9.96. The number of H-pyrrole nitrogens is 2. The Kier molecular flexibility index (Phi) is 9.78. The van der Waals surface area contributed by atoms with Gasteiger partial charge in [0.25, 0.3) is 0 Å². The molecule has 6 aromatic heterocycles. The molecule has 16 heteroatoms. The second kappa shape index (κ2) is 15.5. The minimum atomic E-state index is -0.160. The van der Waals surface area contributed by atoms with Crippen LogP contribution in [0.15, 0.2) is 48.8 Å². The van der Waals surface area contributed by atoms with Crippen molar-refractivity contribution >= 4 is 45.8 Å². The standard InChI is InChI=1S/2C23H29N7O/c1-16-8-11-24-30(16)23(9-10-23)22-25-18-6-7-19(26-20(18)27-22)29-14-4-5-17(15-29)21(31)28-12-2-3-13-28;1-16-8-14-30(27-16)23(9-10-23)22-24-18-6-7-19(25-20(18)26-22)29-13-4-5-17(15-29)21(31)28-11-2-3-12-28/h6-8,11,17H,2-5,9-10,12-15H2,1H3,(H,25,26,27);6-8,14,17H,2-5,9-13,15H2,1H3,(H,24,25,26)/t2*17-/m11/s1. The summed E-state index contributed by atoms with van der Waals surface area (Å²) in [4.78, 5) is 60.9. The van der Waals surface area contributed by atoms with Crippen molar-refractivity contribution in [2.45, 2.75) is 102 Å². The summed E-state index contributed by atoms with van der Waals surface area (Å²) >= 11 is 0. The number of piperidine rings is 2. The monoisotopic (exact) mass is 838 g/mol. The Bertz CT molecular complexity index is 2600. The molecule has 0 unspecified atom stereocenters. The van der Waals surface area contributed by atoms with E-state index in [9.17, 15) is 9.59 Å². The van der Waals surface area contributed by atoms with E-state index in [1.165, 1.54) is 0 Å². The van der Waals surface area contributed by atoms with Gasteiger partial charge in [0.1, 0.15) is 34.4 Å². The van der Waals surface area contributed by atoms with Gasteiger partial charge in [-0.2, -0.15) is 10.2 Å². The van der Waals surface area contributed by atoms with Gasteiger partial charge < -0.3 is 29.6 Å². The molecule has 2 N–H and O–H groups in total. The highest BCUT2D eigenvalue weighted by atomic mass is 16.2. The van der Waals surface area contributed by atoms with Crippen LogP contribution in [-0.4, -0.2) is 123 Å². The number of anilines is 2. The van der Waals surface area contributed by atoms with Crippen LogP contribution in [0.2, 0.25) is 0 Å². The van der Waals surface area contributed by atoms with E-state index in [0.29, 0.717) is 11.8 Å². The molecule has 0 radical (unpaired) electrons. The maximum Gasteiger partial charge on any atom is 0.227 e. The number of pyridine rings is 2. The Balaban J connectivity index is 0.000000139. The number of fused-ring (bicyclic) bond motifs is 2. The average Bonchev–Trinajstić information content (AvgIpc) is 3.77. The zero-order valence-electron chi connectivity index (χ0n) is 36.1. The maximum absolute atomic E-state index is 12.9. The van der Waals surface area contributed by atoms with E-state index < -0.39 is 0 Å². The highest BCUT2D eigenvalue weighted by molar-refractivity contribution is 5.81. The first-order chi connectivity index (χ1) is 30.3. The molecule has 6 fully saturated rings. The van der Waals surface area contributed by atoms with Crippen molar-refractivity contribution < 1.29 is 9.59 Å². The number of nitrogens with zero attached hydrogens (tertiary/aromatic N) is 12. The molecule has 2 atom stereocenters. The van der Waals surface area contributed by atoms with Gasteiger partial charge in [-0.25, -0.2) is 19.9 Å². The van der Waals surface area contributed by atoms with E-state index in [0.717, 1.165) is 186 Å². The molecule has 2 saturated carbocycles. The predicted octanol–water partition coefficient (Wildman–Crippen LogP) is 5.68. The normalized spacial score (nSPS) is 22.9. The fraction of sp³-hybridized carbons (Fsp3) is 0.565. The number of amides is 2. The number of aromatic amines is 2. The number of likely N-dealkylation sites (tertiary alicyclic amines) is 2. The summed E-state index contributed by atoms with van der Waals surface area (Å²) in [6.45, 7) is 11.2. The van der Waals surface area contributed by atoms with Crippen molar-refractivity contribution in [1.82, 2.24) is 59.3 Å². The molecule has 16 nitrogen and oxygen atoms in total. The van der Waals surface area contributed by atoms with E-state index in [1.54, 1.807) is 0 Å². The molecule has 2 amide bonds. The molecule has 0 spiro atoms. The molecular weight excluding hydrogens is 781 g/mol. The maximum atomic E-state index is 12.9. The fourth-order valence-electron chi connectivity index (χ4n) is 10.6. The molecular formula is C46H58N14O2. The molecule has 12 rings (SSSR count). The van der Waals surface area contributed by atoms with Crippen LogP contribution in [0.3, 0.4) is 0 Å². The Morgan fingerprint density at radius 2 is 1.13 bits per heavy atom. The first-order valence-electron chi connectivity index (χ1n) is 23.1. The Morgan fingerprint density at radius 1 is 0.613 bits per heavy atom. The minimum Gasteiger partial charge on any atom is -0.356 e. The van der Waals surface area contributed by atoms with Gasteiger partial charge in [-0.05, 0) is 127 Å². The van der Waals surface area contributed by atoms with Gasteiger partial charge in [0, 0.05) is 70.4 Å². The summed E-state index contributed by atoms with van der Waals surface area (Å²) in [7, 11) is 0. The number of imidazole rings is 2. The summed E-state index contributed by atoms with van der Waals surface area (Å²) in [5.74, 6) is 4.55.